The molecule has 1 saturated carbocycles. The Bertz CT molecular complexity index is 1510. The van der Waals surface area contributed by atoms with E-state index in [9.17, 15) is 23.1 Å². The molecule has 2 aromatic heterocycles. The van der Waals surface area contributed by atoms with Gasteiger partial charge in [-0.25, -0.2) is 19.7 Å². The van der Waals surface area contributed by atoms with Crippen LogP contribution in [0.3, 0.4) is 0 Å². The molecule has 1 fully saturated rings. The minimum atomic E-state index is -4.43. The molecule has 5 rings (SSSR count). The second kappa shape index (κ2) is 9.74. The number of imidazole rings is 1. The Hall–Kier alpha value is -3.95. The number of carbonyl (C=O) groups is 1. The van der Waals surface area contributed by atoms with E-state index in [1.807, 2.05) is 43.5 Å². The van der Waals surface area contributed by atoms with Gasteiger partial charge in [0.05, 0.1) is 5.56 Å². The lowest BCUT2D eigenvalue weighted by molar-refractivity contribution is -0.137. The van der Waals surface area contributed by atoms with Crippen LogP contribution in [0.1, 0.15) is 59.1 Å². The highest BCUT2D eigenvalue weighted by Gasteiger charge is 2.30. The number of carboxylic acids is 1. The van der Waals surface area contributed by atoms with Crippen molar-refractivity contribution in [1.82, 2.24) is 19.5 Å². The number of hydrogen-bond donors (Lipinski definition) is 2. The average Bonchev–Trinajstić information content (AvgIpc) is 3.17. The molecule has 2 N–H and O–H groups in total. The first kappa shape index (κ1) is 25.7. The molecule has 0 radical (unpaired) electrons. The lowest BCUT2D eigenvalue weighted by atomic mass is 9.80. The average molecular weight is 524 g/mol. The number of nitrogens with zero attached hydrogens (tertiary/aromatic N) is 4. The molecule has 38 heavy (non-hydrogen) atoms. The maximum absolute atomic E-state index is 13.2. The summed E-state index contributed by atoms with van der Waals surface area (Å²) in [5.41, 5.74) is 3.48. The van der Waals surface area contributed by atoms with Crippen molar-refractivity contribution in [1.29, 1.82) is 0 Å². The van der Waals surface area contributed by atoms with Crippen LogP contribution in [0.2, 0.25) is 0 Å². The van der Waals surface area contributed by atoms with Crippen molar-refractivity contribution in [3.63, 3.8) is 0 Å². The standard InChI is InChI=1S/C28H28F3N5O2/c1-15-6-4-9-21(16(15)2)26-35-24-22(36(26)14-18-10-12-20(13-11-18)28(29,30)31)23(33-25(34-24)27(37)38)32-17(3)19-7-5-8-19/h4,6,9-13,17,19H,5,7-8,14H2,1-3H3,(H,37,38)(H,32,33,34)/t17-/m1/s1. The molecular formula is C28H28F3N5O2. The van der Waals surface area contributed by atoms with Crippen molar-refractivity contribution in [3.8, 4) is 11.4 Å². The highest BCUT2D eigenvalue weighted by Crippen LogP contribution is 2.35. The van der Waals surface area contributed by atoms with Crippen molar-refractivity contribution >= 4 is 23.0 Å². The summed E-state index contributed by atoms with van der Waals surface area (Å²) in [5.74, 6) is -0.303. The normalized spacial score (nSPS) is 14.9. The van der Waals surface area contributed by atoms with Crippen LogP contribution >= 0.6 is 0 Å². The minimum absolute atomic E-state index is 0.0436. The third-order valence-corrected chi connectivity index (χ3v) is 7.48. The number of fused-ring (bicyclic) bond motifs is 1. The summed E-state index contributed by atoms with van der Waals surface area (Å²) < 4.78 is 41.3. The molecule has 198 valence electrons. The first-order chi connectivity index (χ1) is 18.0. The van der Waals surface area contributed by atoms with E-state index in [4.69, 9.17) is 4.98 Å². The fraction of sp³-hybridized carbons (Fsp3) is 0.357. The molecule has 2 aromatic carbocycles. The van der Waals surface area contributed by atoms with Gasteiger partial charge in [-0.05, 0) is 68.4 Å². The number of nitrogens with one attached hydrogen (secondary N) is 1. The lowest BCUT2D eigenvalue weighted by Crippen LogP contribution is -2.31. The number of anilines is 1. The molecule has 2 heterocycles. The highest BCUT2D eigenvalue weighted by molar-refractivity contribution is 5.92. The van der Waals surface area contributed by atoms with E-state index < -0.39 is 17.7 Å². The zero-order valence-corrected chi connectivity index (χ0v) is 21.3. The number of alkyl halides is 3. The number of benzene rings is 2. The topological polar surface area (TPSA) is 92.9 Å². The molecule has 0 spiro atoms. The van der Waals surface area contributed by atoms with E-state index in [-0.39, 0.29) is 24.1 Å². The molecule has 1 aliphatic carbocycles. The van der Waals surface area contributed by atoms with Crippen LogP contribution in [0.4, 0.5) is 19.0 Å². The quantitative estimate of drug-likeness (QED) is 0.288. The summed E-state index contributed by atoms with van der Waals surface area (Å²) in [6.07, 6.45) is -1.13. The predicted octanol–water partition coefficient (Wildman–Crippen LogP) is 6.48. The van der Waals surface area contributed by atoms with E-state index >= 15 is 0 Å². The largest absolute Gasteiger partial charge is 0.475 e. The summed E-state index contributed by atoms with van der Waals surface area (Å²) >= 11 is 0. The number of aromatic carboxylic acids is 1. The second-order valence-corrected chi connectivity index (χ2v) is 9.96. The molecule has 7 nitrogen and oxygen atoms in total. The number of aromatic nitrogens is 4. The SMILES string of the molecule is Cc1cccc(-c2nc3nc(C(=O)O)nc(N[C@H](C)C4CCC4)c3n2Cc2ccc(C(F)(F)F)cc2)c1C. The van der Waals surface area contributed by atoms with Crippen LogP contribution < -0.4 is 5.32 Å². The number of hydrogen-bond acceptors (Lipinski definition) is 5. The molecule has 0 unspecified atom stereocenters. The van der Waals surface area contributed by atoms with Crippen molar-refractivity contribution in [2.45, 2.75) is 58.8 Å². The van der Waals surface area contributed by atoms with E-state index in [1.54, 1.807) is 0 Å². The number of halogens is 3. The van der Waals surface area contributed by atoms with E-state index in [0.717, 1.165) is 48.1 Å². The third-order valence-electron chi connectivity index (χ3n) is 7.48. The van der Waals surface area contributed by atoms with Crippen LogP contribution in [0.5, 0.6) is 0 Å². The maximum atomic E-state index is 13.2. The number of carboxylic acid groups (broad SMARTS) is 1. The molecular weight excluding hydrogens is 495 g/mol. The Morgan fingerprint density at radius 1 is 1.11 bits per heavy atom. The van der Waals surface area contributed by atoms with Gasteiger partial charge < -0.3 is 15.0 Å². The Morgan fingerprint density at radius 2 is 1.82 bits per heavy atom. The second-order valence-electron chi connectivity index (χ2n) is 9.96. The van der Waals surface area contributed by atoms with E-state index in [2.05, 4.69) is 15.3 Å². The summed E-state index contributed by atoms with van der Waals surface area (Å²) in [5, 5.41) is 13.1. The lowest BCUT2D eigenvalue weighted by Gasteiger charge is -2.32. The van der Waals surface area contributed by atoms with Gasteiger partial charge in [0.15, 0.2) is 11.5 Å². The number of aryl methyl sites for hydroxylation is 1. The summed E-state index contributed by atoms with van der Waals surface area (Å²) in [7, 11) is 0. The Kier molecular flexibility index (Phi) is 6.58. The van der Waals surface area contributed by atoms with Gasteiger partial charge in [-0.2, -0.15) is 13.2 Å². The van der Waals surface area contributed by atoms with Crippen LogP contribution in [0.15, 0.2) is 42.5 Å². The third kappa shape index (κ3) is 4.82. The zero-order valence-electron chi connectivity index (χ0n) is 21.3. The summed E-state index contributed by atoms with van der Waals surface area (Å²) in [4.78, 5) is 25.2. The highest BCUT2D eigenvalue weighted by atomic mass is 19.4. The molecule has 4 aromatic rings. The van der Waals surface area contributed by atoms with Gasteiger partial charge in [0, 0.05) is 18.2 Å². The monoisotopic (exact) mass is 523 g/mol. The van der Waals surface area contributed by atoms with Gasteiger partial charge in [0.2, 0.25) is 5.82 Å². The molecule has 0 aliphatic heterocycles. The zero-order chi connectivity index (χ0) is 27.2. The van der Waals surface area contributed by atoms with Gasteiger partial charge >= 0.3 is 12.1 Å². The smallest absolute Gasteiger partial charge is 0.416 e. The van der Waals surface area contributed by atoms with Crippen LogP contribution in [-0.4, -0.2) is 36.6 Å². The van der Waals surface area contributed by atoms with Gasteiger partial charge in [-0.3, -0.25) is 0 Å². The van der Waals surface area contributed by atoms with Crippen LogP contribution in [0, 0.1) is 19.8 Å². The Balaban J connectivity index is 1.71. The van der Waals surface area contributed by atoms with Gasteiger partial charge in [-0.15, -0.1) is 0 Å². The Labute approximate surface area is 217 Å². The van der Waals surface area contributed by atoms with Gasteiger partial charge in [0.1, 0.15) is 11.3 Å². The number of rotatable bonds is 7. The van der Waals surface area contributed by atoms with Crippen molar-refractivity contribution in [2.24, 2.45) is 5.92 Å². The summed E-state index contributed by atoms with van der Waals surface area (Å²) in [6.45, 7) is 6.19. The Morgan fingerprint density at radius 3 is 2.42 bits per heavy atom. The van der Waals surface area contributed by atoms with Crippen LogP contribution in [-0.2, 0) is 12.7 Å². The van der Waals surface area contributed by atoms with Crippen LogP contribution in [0.25, 0.3) is 22.6 Å². The van der Waals surface area contributed by atoms with E-state index in [0.29, 0.717) is 28.6 Å². The molecule has 10 heteroatoms. The van der Waals surface area contributed by atoms with Gasteiger partial charge in [0.25, 0.3) is 0 Å². The van der Waals surface area contributed by atoms with Crippen molar-refractivity contribution in [2.75, 3.05) is 5.32 Å². The maximum Gasteiger partial charge on any atom is 0.416 e. The minimum Gasteiger partial charge on any atom is -0.475 e. The fourth-order valence-electron chi connectivity index (χ4n) is 4.84. The van der Waals surface area contributed by atoms with Crippen molar-refractivity contribution < 1.29 is 23.1 Å². The molecule has 0 amide bonds. The van der Waals surface area contributed by atoms with E-state index in [1.165, 1.54) is 12.1 Å². The first-order valence-corrected chi connectivity index (χ1v) is 12.5. The predicted molar refractivity (Wildman–Crippen MR) is 138 cm³/mol. The fourth-order valence-corrected chi connectivity index (χ4v) is 4.84. The molecule has 1 atom stereocenters. The van der Waals surface area contributed by atoms with Gasteiger partial charge in [-0.1, -0.05) is 36.8 Å². The first-order valence-electron chi connectivity index (χ1n) is 12.5. The molecule has 0 bridgehead atoms. The summed E-state index contributed by atoms with van der Waals surface area (Å²) in [6, 6.07) is 10.9. The molecule has 1 aliphatic rings. The van der Waals surface area contributed by atoms with Crippen molar-refractivity contribution in [3.05, 3.63) is 70.5 Å². The molecule has 0 saturated heterocycles.